The molecule has 164 valence electrons. The van der Waals surface area contributed by atoms with Crippen molar-refractivity contribution >= 4 is 27.3 Å². The molecule has 2 aromatic heterocycles. The van der Waals surface area contributed by atoms with Crippen molar-refractivity contribution in [3.05, 3.63) is 93.2 Å². The van der Waals surface area contributed by atoms with Crippen molar-refractivity contribution < 1.29 is 9.90 Å². The van der Waals surface area contributed by atoms with Crippen LogP contribution in [0.5, 0.6) is 0 Å². The first-order valence-corrected chi connectivity index (χ1v) is 11.5. The smallest absolute Gasteiger partial charge is 0.251 e. The molecule has 2 N–H and O–H groups in total. The van der Waals surface area contributed by atoms with E-state index in [2.05, 4.69) is 23.5 Å². The number of rotatable bonds is 7. The number of aromatic nitrogens is 1. The van der Waals surface area contributed by atoms with Crippen LogP contribution in [0.2, 0.25) is 0 Å². The maximum Gasteiger partial charge on any atom is 0.251 e. The topological polar surface area (TPSA) is 71.3 Å². The van der Waals surface area contributed by atoms with E-state index >= 15 is 0 Å². The van der Waals surface area contributed by atoms with Gasteiger partial charge in [0, 0.05) is 46.4 Å². The fourth-order valence-corrected chi connectivity index (χ4v) is 5.02. The van der Waals surface area contributed by atoms with E-state index in [1.54, 1.807) is 28.0 Å². The van der Waals surface area contributed by atoms with Gasteiger partial charge in [-0.3, -0.25) is 9.59 Å². The van der Waals surface area contributed by atoms with Gasteiger partial charge in [-0.15, -0.1) is 11.3 Å². The molecule has 0 bridgehead atoms. The summed E-state index contributed by atoms with van der Waals surface area (Å²) in [5, 5.41) is 12.8. The summed E-state index contributed by atoms with van der Waals surface area (Å²) in [5.74, 6) is -0.194. The monoisotopic (exact) mass is 446 g/mol. The van der Waals surface area contributed by atoms with Crippen LogP contribution in [-0.2, 0) is 6.42 Å². The lowest BCUT2D eigenvalue weighted by atomic mass is 10.0. The summed E-state index contributed by atoms with van der Waals surface area (Å²) in [6.07, 6.45) is 2.71. The van der Waals surface area contributed by atoms with Gasteiger partial charge in [-0.25, -0.2) is 0 Å². The van der Waals surface area contributed by atoms with E-state index in [1.165, 1.54) is 9.58 Å². The molecule has 6 heteroatoms. The highest BCUT2D eigenvalue weighted by Gasteiger charge is 2.12. The van der Waals surface area contributed by atoms with Crippen LogP contribution in [0.4, 0.5) is 0 Å². The molecule has 2 heterocycles. The van der Waals surface area contributed by atoms with Crippen LogP contribution >= 0.6 is 11.3 Å². The van der Waals surface area contributed by atoms with Crippen LogP contribution in [0.1, 0.15) is 40.7 Å². The van der Waals surface area contributed by atoms with Crippen molar-refractivity contribution in [2.24, 2.45) is 0 Å². The van der Waals surface area contributed by atoms with E-state index in [0.717, 1.165) is 28.5 Å². The number of carbonyl (C=O) groups excluding carboxylic acids is 1. The zero-order valence-electron chi connectivity index (χ0n) is 18.2. The number of carbonyl (C=O) groups is 1. The molecule has 4 aromatic rings. The van der Waals surface area contributed by atoms with Crippen molar-refractivity contribution in [3.63, 3.8) is 0 Å². The summed E-state index contributed by atoms with van der Waals surface area (Å²) in [5.41, 5.74) is 3.76. The highest BCUT2D eigenvalue weighted by molar-refractivity contribution is 7.19. The van der Waals surface area contributed by atoms with Crippen molar-refractivity contribution in [1.82, 2.24) is 9.88 Å². The number of aliphatic hydroxyl groups excluding tert-OH is 1. The zero-order chi connectivity index (χ0) is 22.7. The molecule has 0 aliphatic carbocycles. The molecule has 0 unspecified atom stereocenters. The molecule has 0 fully saturated rings. The lowest BCUT2D eigenvalue weighted by molar-refractivity contribution is 0.0945. The molecule has 5 nitrogen and oxygen atoms in total. The minimum absolute atomic E-state index is 0.0188. The second-order valence-corrected chi connectivity index (χ2v) is 9.19. The fourth-order valence-electron chi connectivity index (χ4n) is 3.79. The van der Waals surface area contributed by atoms with Crippen LogP contribution in [-0.4, -0.2) is 28.7 Å². The van der Waals surface area contributed by atoms with Crippen molar-refractivity contribution in [3.8, 4) is 11.1 Å². The first kappa shape index (κ1) is 22.0. The van der Waals surface area contributed by atoms with E-state index in [4.69, 9.17) is 5.11 Å². The molecule has 1 amide bonds. The molecule has 0 spiro atoms. The molecular formula is C26H26N2O3S. The summed E-state index contributed by atoms with van der Waals surface area (Å²) in [6.45, 7) is 4.17. The lowest BCUT2D eigenvalue weighted by Gasteiger charge is -2.11. The number of fused-ring (bicyclic) bond motifs is 1. The maximum absolute atomic E-state index is 12.3. The number of hydrogen-bond donors (Lipinski definition) is 2. The Balaban J connectivity index is 1.67. The molecule has 0 saturated carbocycles. The van der Waals surface area contributed by atoms with Gasteiger partial charge in [0.1, 0.15) is 0 Å². The van der Waals surface area contributed by atoms with E-state index in [9.17, 15) is 9.59 Å². The first-order chi connectivity index (χ1) is 15.5. The largest absolute Gasteiger partial charge is 0.395 e. The van der Waals surface area contributed by atoms with E-state index in [0.29, 0.717) is 5.56 Å². The second kappa shape index (κ2) is 9.51. The van der Waals surface area contributed by atoms with E-state index in [-0.39, 0.29) is 30.7 Å². The minimum Gasteiger partial charge on any atom is -0.395 e. The van der Waals surface area contributed by atoms with Gasteiger partial charge in [-0.1, -0.05) is 36.4 Å². The van der Waals surface area contributed by atoms with Crippen molar-refractivity contribution in [2.45, 2.75) is 26.3 Å². The van der Waals surface area contributed by atoms with Gasteiger partial charge in [-0.05, 0) is 54.1 Å². The predicted octanol–water partition coefficient (Wildman–Crippen LogP) is 4.62. The Labute approximate surface area is 191 Å². The van der Waals surface area contributed by atoms with Gasteiger partial charge in [-0.2, -0.15) is 0 Å². The van der Waals surface area contributed by atoms with Gasteiger partial charge >= 0.3 is 0 Å². The predicted molar refractivity (Wildman–Crippen MR) is 131 cm³/mol. The van der Waals surface area contributed by atoms with E-state index < -0.39 is 0 Å². The van der Waals surface area contributed by atoms with Gasteiger partial charge in [0.05, 0.1) is 6.61 Å². The third-order valence-corrected chi connectivity index (χ3v) is 6.55. The Bertz CT molecular complexity index is 1320. The minimum atomic E-state index is -0.194. The number of hydrogen-bond acceptors (Lipinski definition) is 4. The SMILES string of the molecule is CC(C)n1cc(Cc2cc3cccc(-c4cccc(C(=O)NCCO)c4)c3s2)ccc1=O. The van der Waals surface area contributed by atoms with E-state index in [1.807, 2.05) is 50.4 Å². The van der Waals surface area contributed by atoms with Gasteiger partial charge in [0.15, 0.2) is 0 Å². The molecule has 4 rings (SSSR count). The van der Waals surface area contributed by atoms with Crippen molar-refractivity contribution in [2.75, 3.05) is 13.2 Å². The number of amides is 1. The van der Waals surface area contributed by atoms with Gasteiger partial charge in [0.25, 0.3) is 11.5 Å². The van der Waals surface area contributed by atoms with Crippen LogP contribution < -0.4 is 10.9 Å². The molecule has 32 heavy (non-hydrogen) atoms. The summed E-state index contributed by atoms with van der Waals surface area (Å²) < 4.78 is 2.94. The molecule has 0 radical (unpaired) electrons. The summed E-state index contributed by atoms with van der Waals surface area (Å²) in [6, 6.07) is 19.6. The Morgan fingerprint density at radius 2 is 1.91 bits per heavy atom. The van der Waals surface area contributed by atoms with Gasteiger partial charge < -0.3 is 15.0 Å². The number of nitrogens with zero attached hydrogens (tertiary/aromatic N) is 1. The standard InChI is InChI=1S/C26H26N2O3S/c1-17(2)28-16-18(9-10-24(28)30)13-22-15-20-6-4-8-23(25(20)32-22)19-5-3-7-21(14-19)26(31)27-11-12-29/h3-10,14-17,29H,11-13H2,1-2H3,(H,27,31). The number of thiophene rings is 1. The molecule has 2 aromatic carbocycles. The van der Waals surface area contributed by atoms with Crippen LogP contribution in [0, 0.1) is 0 Å². The number of aliphatic hydroxyl groups is 1. The van der Waals surface area contributed by atoms with Crippen LogP contribution in [0.25, 0.3) is 21.2 Å². The fraction of sp³-hybridized carbons (Fsp3) is 0.231. The Kier molecular flexibility index (Phi) is 6.53. The molecule has 0 saturated heterocycles. The molecular weight excluding hydrogens is 420 g/mol. The number of benzene rings is 2. The number of pyridine rings is 1. The quantitative estimate of drug-likeness (QED) is 0.435. The average molecular weight is 447 g/mol. The Hall–Kier alpha value is -3.22. The Morgan fingerprint density at radius 1 is 1.09 bits per heavy atom. The Morgan fingerprint density at radius 3 is 2.69 bits per heavy atom. The second-order valence-electron chi connectivity index (χ2n) is 8.05. The highest BCUT2D eigenvalue weighted by Crippen LogP contribution is 2.36. The summed E-state index contributed by atoms with van der Waals surface area (Å²) in [7, 11) is 0. The summed E-state index contributed by atoms with van der Waals surface area (Å²) in [4.78, 5) is 25.6. The zero-order valence-corrected chi connectivity index (χ0v) is 19.0. The summed E-state index contributed by atoms with van der Waals surface area (Å²) >= 11 is 1.74. The highest BCUT2D eigenvalue weighted by atomic mass is 32.1. The molecule has 0 atom stereocenters. The lowest BCUT2D eigenvalue weighted by Crippen LogP contribution is -2.26. The molecule has 0 aliphatic rings. The third-order valence-electron chi connectivity index (χ3n) is 5.36. The van der Waals surface area contributed by atoms with Crippen LogP contribution in [0.3, 0.4) is 0 Å². The number of nitrogens with one attached hydrogen (secondary N) is 1. The third kappa shape index (κ3) is 4.66. The first-order valence-electron chi connectivity index (χ1n) is 10.7. The van der Waals surface area contributed by atoms with Gasteiger partial charge in [0.2, 0.25) is 0 Å². The van der Waals surface area contributed by atoms with Crippen molar-refractivity contribution in [1.29, 1.82) is 0 Å². The molecule has 0 aliphatic heterocycles. The average Bonchev–Trinajstić information content (AvgIpc) is 3.21. The maximum atomic E-state index is 12.3. The van der Waals surface area contributed by atoms with Crippen LogP contribution in [0.15, 0.2) is 71.7 Å². The normalized spacial score (nSPS) is 11.2.